The van der Waals surface area contributed by atoms with Gasteiger partial charge in [-0.05, 0) is 49.5 Å². The fraction of sp³-hybridized carbons (Fsp3) is 0.294. The van der Waals surface area contributed by atoms with Crippen LogP contribution in [0.2, 0.25) is 0 Å². The highest BCUT2D eigenvalue weighted by molar-refractivity contribution is 6.05. The fourth-order valence-corrected chi connectivity index (χ4v) is 2.97. The van der Waals surface area contributed by atoms with Gasteiger partial charge >= 0.3 is 0 Å². The van der Waals surface area contributed by atoms with Crippen LogP contribution in [0.5, 0.6) is 5.88 Å². The number of methoxy groups -OCH3 is 1. The molecule has 2 aliphatic carbocycles. The molecule has 1 N–H and O–H groups in total. The Morgan fingerprint density at radius 3 is 2.79 bits per heavy atom. The zero-order valence-corrected chi connectivity index (χ0v) is 13.2. The lowest BCUT2D eigenvalue weighted by atomic mass is 10.0. The van der Waals surface area contributed by atoms with E-state index >= 15 is 0 Å². The van der Waals surface area contributed by atoms with Gasteiger partial charge in [0.25, 0.3) is 5.78 Å². The van der Waals surface area contributed by atoms with Gasteiger partial charge in [-0.3, -0.25) is 4.79 Å². The summed E-state index contributed by atoms with van der Waals surface area (Å²) in [5.74, 6) is 0.306. The maximum Gasteiger partial charge on any atom is 0.254 e. The van der Waals surface area contributed by atoms with E-state index in [1.165, 1.54) is 13.2 Å². The van der Waals surface area contributed by atoms with Crippen LogP contribution in [0.15, 0.2) is 29.6 Å². The van der Waals surface area contributed by atoms with Crippen molar-refractivity contribution in [3.63, 3.8) is 0 Å². The minimum absolute atomic E-state index is 0.137. The van der Waals surface area contributed by atoms with Gasteiger partial charge < -0.3 is 9.84 Å². The Hall–Kier alpha value is -2.96. The summed E-state index contributed by atoms with van der Waals surface area (Å²) >= 11 is 0. The third kappa shape index (κ3) is 2.38. The molecule has 2 heterocycles. The number of hydrogen-bond donors (Lipinski definition) is 1. The van der Waals surface area contributed by atoms with E-state index in [1.54, 1.807) is 22.7 Å². The third-order valence-electron chi connectivity index (χ3n) is 4.21. The molecule has 2 aromatic heterocycles. The second-order valence-electron chi connectivity index (χ2n) is 5.80. The SMILES string of the molecule is COC1=CC(=Cc2c(O)nc3nc4c(nn23)CCCC4)C=CC1=O. The summed E-state index contributed by atoms with van der Waals surface area (Å²) in [5.41, 5.74) is 3.06. The molecule has 0 amide bonds. The summed E-state index contributed by atoms with van der Waals surface area (Å²) in [6.07, 6.45) is 10.4. The van der Waals surface area contributed by atoms with E-state index in [4.69, 9.17) is 4.74 Å². The van der Waals surface area contributed by atoms with Crippen molar-refractivity contribution in [2.24, 2.45) is 0 Å². The van der Waals surface area contributed by atoms with Crippen molar-refractivity contribution in [3.05, 3.63) is 46.6 Å². The predicted octanol–water partition coefficient (Wildman–Crippen LogP) is 1.76. The largest absolute Gasteiger partial charge is 0.493 e. The number of aromatic hydroxyl groups is 1. The Morgan fingerprint density at radius 1 is 1.21 bits per heavy atom. The van der Waals surface area contributed by atoms with Gasteiger partial charge in [0, 0.05) is 0 Å². The molecule has 0 radical (unpaired) electrons. The van der Waals surface area contributed by atoms with Crippen LogP contribution < -0.4 is 0 Å². The van der Waals surface area contributed by atoms with Crippen molar-refractivity contribution in [2.75, 3.05) is 7.11 Å². The summed E-state index contributed by atoms with van der Waals surface area (Å²) < 4.78 is 6.60. The summed E-state index contributed by atoms with van der Waals surface area (Å²) in [6, 6.07) is 0. The summed E-state index contributed by atoms with van der Waals surface area (Å²) in [5, 5.41) is 14.8. The molecular formula is C17H16N4O3. The van der Waals surface area contributed by atoms with Crippen LogP contribution in [-0.2, 0) is 22.4 Å². The molecule has 0 atom stereocenters. The molecule has 0 aliphatic heterocycles. The van der Waals surface area contributed by atoms with Gasteiger partial charge in [0.15, 0.2) is 5.76 Å². The highest BCUT2D eigenvalue weighted by atomic mass is 16.5. The number of fused-ring (bicyclic) bond motifs is 2. The Balaban J connectivity index is 1.83. The van der Waals surface area contributed by atoms with E-state index in [9.17, 15) is 9.90 Å². The number of nitrogens with zero attached hydrogens (tertiary/aromatic N) is 4. The van der Waals surface area contributed by atoms with Crippen molar-refractivity contribution in [1.29, 1.82) is 0 Å². The van der Waals surface area contributed by atoms with E-state index in [0.29, 0.717) is 17.0 Å². The zero-order chi connectivity index (χ0) is 16.7. The van der Waals surface area contributed by atoms with E-state index in [2.05, 4.69) is 15.1 Å². The van der Waals surface area contributed by atoms with Gasteiger partial charge in [-0.15, -0.1) is 0 Å². The molecule has 0 aromatic carbocycles. The predicted molar refractivity (Wildman–Crippen MR) is 86.3 cm³/mol. The number of allylic oxidation sites excluding steroid dienone is 4. The van der Waals surface area contributed by atoms with Crippen molar-refractivity contribution in [3.8, 4) is 5.88 Å². The van der Waals surface area contributed by atoms with Crippen molar-refractivity contribution in [2.45, 2.75) is 25.7 Å². The molecule has 2 aromatic rings. The van der Waals surface area contributed by atoms with Gasteiger partial charge in [-0.25, -0.2) is 4.98 Å². The monoisotopic (exact) mass is 324 g/mol. The van der Waals surface area contributed by atoms with E-state index in [0.717, 1.165) is 37.1 Å². The van der Waals surface area contributed by atoms with Crippen LogP contribution in [0.3, 0.4) is 0 Å². The first-order chi connectivity index (χ1) is 11.7. The smallest absolute Gasteiger partial charge is 0.254 e. The number of imidazole rings is 1. The number of aromatic nitrogens is 4. The van der Waals surface area contributed by atoms with Gasteiger partial charge in [-0.1, -0.05) is 6.08 Å². The molecule has 0 unspecified atom stereocenters. The summed E-state index contributed by atoms with van der Waals surface area (Å²) in [6.45, 7) is 0. The van der Waals surface area contributed by atoms with Gasteiger partial charge in [0.2, 0.25) is 11.7 Å². The number of ether oxygens (including phenoxy) is 1. The van der Waals surface area contributed by atoms with Crippen LogP contribution in [0, 0.1) is 0 Å². The minimum atomic E-state index is -0.189. The Morgan fingerprint density at radius 2 is 2.00 bits per heavy atom. The highest BCUT2D eigenvalue weighted by Crippen LogP contribution is 2.25. The minimum Gasteiger partial charge on any atom is -0.493 e. The zero-order valence-electron chi connectivity index (χ0n) is 13.2. The number of carbonyl (C=O) groups excluding carboxylic acids is 1. The number of rotatable bonds is 2. The molecule has 0 saturated heterocycles. The summed E-state index contributed by atoms with van der Waals surface area (Å²) in [4.78, 5) is 20.2. The topological polar surface area (TPSA) is 89.6 Å². The maximum atomic E-state index is 11.6. The lowest BCUT2D eigenvalue weighted by molar-refractivity contribution is -0.114. The van der Waals surface area contributed by atoms with Crippen LogP contribution in [-0.4, -0.2) is 37.6 Å². The number of ketones is 1. The average molecular weight is 324 g/mol. The molecule has 0 saturated carbocycles. The number of carbonyl (C=O) groups is 1. The molecule has 24 heavy (non-hydrogen) atoms. The molecule has 0 spiro atoms. The van der Waals surface area contributed by atoms with Gasteiger partial charge in [-0.2, -0.15) is 14.6 Å². The molecular weight excluding hydrogens is 308 g/mol. The van der Waals surface area contributed by atoms with E-state index in [1.807, 2.05) is 0 Å². The molecule has 122 valence electrons. The van der Waals surface area contributed by atoms with Crippen molar-refractivity contribution in [1.82, 2.24) is 19.6 Å². The normalized spacial score (nSPS) is 18.8. The quantitative estimate of drug-likeness (QED) is 0.905. The first-order valence-electron chi connectivity index (χ1n) is 7.83. The van der Waals surface area contributed by atoms with Crippen molar-refractivity contribution >= 4 is 17.6 Å². The molecule has 0 fully saturated rings. The Bertz CT molecular complexity index is 937. The van der Waals surface area contributed by atoms with Gasteiger partial charge in [0.05, 0.1) is 18.5 Å². The number of aryl methyl sites for hydroxylation is 2. The average Bonchev–Trinajstić information content (AvgIpc) is 2.89. The maximum absolute atomic E-state index is 11.6. The lowest BCUT2D eigenvalue weighted by Gasteiger charge is -2.13. The Kier molecular flexibility index (Phi) is 3.41. The second kappa shape index (κ2) is 5.59. The van der Waals surface area contributed by atoms with E-state index < -0.39 is 0 Å². The van der Waals surface area contributed by atoms with Crippen LogP contribution in [0.1, 0.15) is 29.9 Å². The fourth-order valence-electron chi connectivity index (χ4n) is 2.97. The third-order valence-corrected chi connectivity index (χ3v) is 4.21. The van der Waals surface area contributed by atoms with Crippen molar-refractivity contribution < 1.29 is 14.6 Å². The van der Waals surface area contributed by atoms with Gasteiger partial charge in [0.1, 0.15) is 5.69 Å². The first-order valence-corrected chi connectivity index (χ1v) is 7.83. The molecule has 2 aliphatic rings. The standard InChI is InChI=1S/C17H16N4O3/c1-24-15-9-10(6-7-14(15)22)8-13-16(23)19-17-18-11-4-2-3-5-12(11)20-21(13)17/h6-9,23H,2-5H2,1H3. The molecule has 7 heteroatoms. The first kappa shape index (κ1) is 14.6. The van der Waals surface area contributed by atoms with Crippen LogP contribution >= 0.6 is 0 Å². The highest BCUT2D eigenvalue weighted by Gasteiger charge is 2.19. The molecule has 7 nitrogen and oxygen atoms in total. The lowest BCUT2D eigenvalue weighted by Crippen LogP contribution is -2.12. The van der Waals surface area contributed by atoms with Crippen LogP contribution in [0.4, 0.5) is 0 Å². The Labute approximate surface area is 138 Å². The molecule has 0 bridgehead atoms. The van der Waals surface area contributed by atoms with E-state index in [-0.39, 0.29) is 17.4 Å². The molecule has 4 rings (SSSR count). The van der Waals surface area contributed by atoms with Crippen LogP contribution in [0.25, 0.3) is 11.9 Å². The second-order valence-corrected chi connectivity index (χ2v) is 5.80. The number of hydrogen-bond acceptors (Lipinski definition) is 6. The summed E-state index contributed by atoms with van der Waals surface area (Å²) in [7, 11) is 1.45.